The summed E-state index contributed by atoms with van der Waals surface area (Å²) in [5, 5.41) is 18.3. The maximum Gasteiger partial charge on any atom is 0.341 e. The van der Waals surface area contributed by atoms with Crippen LogP contribution in [0.3, 0.4) is 0 Å². The molecule has 2 N–H and O–H groups in total. The van der Waals surface area contributed by atoms with Crippen LogP contribution in [0.5, 0.6) is 11.5 Å². The van der Waals surface area contributed by atoms with E-state index >= 15 is 8.78 Å². The van der Waals surface area contributed by atoms with Crippen molar-refractivity contribution >= 4 is 23.6 Å². The number of ether oxygens (including phenoxy) is 2. The van der Waals surface area contributed by atoms with Crippen molar-refractivity contribution in [1.29, 1.82) is 0 Å². The van der Waals surface area contributed by atoms with Gasteiger partial charge in [0.2, 0.25) is 0 Å². The molecule has 0 saturated carbocycles. The van der Waals surface area contributed by atoms with Crippen LogP contribution in [0.1, 0.15) is 75.5 Å². The van der Waals surface area contributed by atoms with Crippen LogP contribution in [0.4, 0.5) is 8.78 Å². The number of aliphatic hydroxyl groups is 2. The van der Waals surface area contributed by atoms with Crippen LogP contribution in [-0.4, -0.2) is 35.4 Å². The lowest BCUT2D eigenvalue weighted by atomic mass is 10.0. The Bertz CT molecular complexity index is 1140. The molecule has 39 heavy (non-hydrogen) atoms. The first kappa shape index (κ1) is 31.9. The summed E-state index contributed by atoms with van der Waals surface area (Å²) in [6, 6.07) is 9.83. The van der Waals surface area contributed by atoms with Crippen molar-refractivity contribution in [3.05, 3.63) is 71.3 Å². The average Bonchev–Trinajstić information content (AvgIpc) is 2.95. The summed E-state index contributed by atoms with van der Waals surface area (Å²) in [6.45, 7) is 5.84. The van der Waals surface area contributed by atoms with Crippen LogP contribution in [0.25, 0.3) is 11.7 Å². The van der Waals surface area contributed by atoms with Gasteiger partial charge in [-0.2, -0.15) is 0 Å². The van der Waals surface area contributed by atoms with Gasteiger partial charge in [-0.05, 0) is 37.5 Å². The Morgan fingerprint density at radius 2 is 1.41 bits per heavy atom. The largest absolute Gasteiger partial charge is 0.426 e. The summed E-state index contributed by atoms with van der Waals surface area (Å²) in [6.07, 6.45) is 9.19. The SMILES string of the molecule is C=C(CO)C(=O)Oc1cc(OC(=O)C(C)CO)cc(/C(F)=C(\F)c2ccc(CCCCCCCCC)cc2)c1. The van der Waals surface area contributed by atoms with E-state index in [1.807, 2.05) is 0 Å². The second kappa shape index (κ2) is 16.6. The van der Waals surface area contributed by atoms with Crippen LogP contribution in [0.2, 0.25) is 0 Å². The average molecular weight is 545 g/mol. The van der Waals surface area contributed by atoms with Crippen molar-refractivity contribution in [2.24, 2.45) is 5.92 Å². The van der Waals surface area contributed by atoms with E-state index in [9.17, 15) is 14.7 Å². The van der Waals surface area contributed by atoms with E-state index in [0.29, 0.717) is 0 Å². The van der Waals surface area contributed by atoms with Crippen molar-refractivity contribution in [2.75, 3.05) is 13.2 Å². The van der Waals surface area contributed by atoms with Gasteiger partial charge in [-0.3, -0.25) is 4.79 Å². The number of esters is 2. The Hall–Kier alpha value is -3.36. The molecule has 0 heterocycles. The third-order valence-corrected chi connectivity index (χ3v) is 6.19. The fraction of sp³-hybridized carbons (Fsp3) is 0.419. The molecule has 2 aromatic carbocycles. The first-order valence-corrected chi connectivity index (χ1v) is 13.3. The molecule has 1 unspecified atom stereocenters. The summed E-state index contributed by atoms with van der Waals surface area (Å²) in [5.41, 5.74) is 0.468. The zero-order chi connectivity index (χ0) is 28.8. The lowest BCUT2D eigenvalue weighted by Crippen LogP contribution is -2.21. The number of halogens is 2. The highest BCUT2D eigenvalue weighted by molar-refractivity contribution is 5.90. The molecule has 0 fully saturated rings. The molecule has 2 aromatic rings. The van der Waals surface area contributed by atoms with Crippen molar-refractivity contribution < 1.29 is 38.1 Å². The number of aliphatic hydroxyl groups excluding tert-OH is 2. The molecule has 0 aliphatic rings. The van der Waals surface area contributed by atoms with E-state index in [1.54, 1.807) is 12.1 Å². The molecule has 0 amide bonds. The molecular formula is C31H38F2O6. The van der Waals surface area contributed by atoms with Crippen LogP contribution in [0.15, 0.2) is 54.6 Å². The molecule has 2 rings (SSSR count). The molecule has 8 heteroatoms. The molecule has 0 saturated heterocycles. The van der Waals surface area contributed by atoms with Gasteiger partial charge in [0.05, 0.1) is 24.7 Å². The number of rotatable bonds is 16. The van der Waals surface area contributed by atoms with E-state index in [0.717, 1.165) is 43.0 Å². The first-order valence-electron chi connectivity index (χ1n) is 13.3. The Labute approximate surface area is 229 Å². The Morgan fingerprint density at radius 3 is 2.00 bits per heavy atom. The van der Waals surface area contributed by atoms with E-state index in [2.05, 4.69) is 13.5 Å². The molecule has 0 radical (unpaired) electrons. The minimum absolute atomic E-state index is 0.0271. The topological polar surface area (TPSA) is 93.1 Å². The molecular weight excluding hydrogens is 506 g/mol. The van der Waals surface area contributed by atoms with Gasteiger partial charge in [0.25, 0.3) is 0 Å². The van der Waals surface area contributed by atoms with Crippen molar-refractivity contribution in [3.8, 4) is 11.5 Å². The predicted octanol–water partition coefficient (Wildman–Crippen LogP) is 6.73. The molecule has 1 atom stereocenters. The number of carbonyl (C=O) groups excluding carboxylic acids is 2. The fourth-order valence-corrected chi connectivity index (χ4v) is 3.71. The smallest absolute Gasteiger partial charge is 0.341 e. The fourth-order valence-electron chi connectivity index (χ4n) is 3.71. The summed E-state index contributed by atoms with van der Waals surface area (Å²) in [7, 11) is 0. The van der Waals surface area contributed by atoms with Gasteiger partial charge >= 0.3 is 11.9 Å². The molecule has 6 nitrogen and oxygen atoms in total. The number of hydrogen-bond acceptors (Lipinski definition) is 6. The lowest BCUT2D eigenvalue weighted by Gasteiger charge is -2.12. The summed E-state index contributed by atoms with van der Waals surface area (Å²) in [5.74, 6) is -5.53. The third-order valence-electron chi connectivity index (χ3n) is 6.19. The highest BCUT2D eigenvalue weighted by Gasteiger charge is 2.19. The Balaban J connectivity index is 2.22. The quantitative estimate of drug-likeness (QED) is 0.0800. The summed E-state index contributed by atoms with van der Waals surface area (Å²) < 4.78 is 40.7. The molecule has 0 aromatic heterocycles. The highest BCUT2D eigenvalue weighted by atomic mass is 19.2. The second-order valence-corrected chi connectivity index (χ2v) is 9.55. The maximum atomic E-state index is 15.3. The van der Waals surface area contributed by atoms with E-state index in [4.69, 9.17) is 14.6 Å². The number of hydrogen-bond donors (Lipinski definition) is 2. The minimum Gasteiger partial charge on any atom is -0.426 e. The van der Waals surface area contributed by atoms with Gasteiger partial charge < -0.3 is 19.7 Å². The van der Waals surface area contributed by atoms with E-state index < -0.39 is 42.7 Å². The van der Waals surface area contributed by atoms with Crippen LogP contribution < -0.4 is 9.47 Å². The van der Waals surface area contributed by atoms with Gasteiger partial charge in [0.1, 0.15) is 11.5 Å². The molecule has 0 spiro atoms. The first-order chi connectivity index (χ1) is 18.7. The van der Waals surface area contributed by atoms with Crippen LogP contribution >= 0.6 is 0 Å². The normalized spacial score (nSPS) is 12.5. The van der Waals surface area contributed by atoms with Crippen molar-refractivity contribution in [1.82, 2.24) is 0 Å². The second-order valence-electron chi connectivity index (χ2n) is 9.55. The number of carbonyl (C=O) groups is 2. The Morgan fingerprint density at radius 1 is 0.846 bits per heavy atom. The zero-order valence-electron chi connectivity index (χ0n) is 22.7. The minimum atomic E-state index is -1.25. The Kier molecular flexibility index (Phi) is 13.5. The molecule has 212 valence electrons. The van der Waals surface area contributed by atoms with Crippen molar-refractivity contribution in [2.45, 2.75) is 65.2 Å². The lowest BCUT2D eigenvalue weighted by molar-refractivity contribution is -0.139. The number of unbranched alkanes of at least 4 members (excludes halogenated alkanes) is 6. The van der Waals surface area contributed by atoms with Crippen LogP contribution in [0, 0.1) is 5.92 Å². The third kappa shape index (κ3) is 10.4. The number of aryl methyl sites for hydroxylation is 1. The van der Waals surface area contributed by atoms with Gasteiger partial charge in [-0.1, -0.05) is 76.3 Å². The highest BCUT2D eigenvalue weighted by Crippen LogP contribution is 2.34. The standard InChI is InChI=1S/C31H38F2O6/c1-4-5-6-7-8-9-10-11-23-12-14-24(15-13-23)28(32)29(33)25-16-26(38-30(36)21(2)19-34)18-27(17-25)39-31(37)22(3)20-35/h12-18,22,34-35H,2,4-11,19-20H2,1,3H3/b29-28+. The molecule has 0 bridgehead atoms. The van der Waals surface area contributed by atoms with Crippen LogP contribution in [-0.2, 0) is 16.0 Å². The van der Waals surface area contributed by atoms with Crippen molar-refractivity contribution in [3.63, 3.8) is 0 Å². The maximum absolute atomic E-state index is 15.3. The van der Waals surface area contributed by atoms with Gasteiger partial charge in [0, 0.05) is 17.2 Å². The van der Waals surface area contributed by atoms with E-state index in [1.165, 1.54) is 51.2 Å². The zero-order valence-corrected chi connectivity index (χ0v) is 22.7. The molecule has 0 aliphatic carbocycles. The number of benzene rings is 2. The van der Waals surface area contributed by atoms with E-state index in [-0.39, 0.29) is 28.2 Å². The van der Waals surface area contributed by atoms with Gasteiger partial charge in [0.15, 0.2) is 11.7 Å². The predicted molar refractivity (Wildman–Crippen MR) is 147 cm³/mol. The monoisotopic (exact) mass is 544 g/mol. The summed E-state index contributed by atoms with van der Waals surface area (Å²) in [4.78, 5) is 24.2. The van der Waals surface area contributed by atoms with Gasteiger partial charge in [-0.25, -0.2) is 13.6 Å². The summed E-state index contributed by atoms with van der Waals surface area (Å²) >= 11 is 0. The van der Waals surface area contributed by atoms with Gasteiger partial charge in [-0.15, -0.1) is 0 Å². The molecule has 0 aliphatic heterocycles.